The minimum atomic E-state index is -0.479. The van der Waals surface area contributed by atoms with E-state index in [0.29, 0.717) is 26.7 Å². The van der Waals surface area contributed by atoms with E-state index in [1.807, 2.05) is 18.2 Å². The average molecular weight is 350 g/mol. The minimum absolute atomic E-state index is 0.449. The van der Waals surface area contributed by atoms with Crippen molar-refractivity contribution in [3.05, 3.63) is 52.0 Å². The molecule has 1 saturated heterocycles. The molecule has 1 aliphatic heterocycles. The summed E-state index contributed by atoms with van der Waals surface area (Å²) >= 11 is 12.3. The van der Waals surface area contributed by atoms with Crippen LogP contribution >= 0.6 is 23.2 Å². The lowest BCUT2D eigenvalue weighted by Crippen LogP contribution is -2.43. The van der Waals surface area contributed by atoms with E-state index in [9.17, 15) is 4.79 Å². The van der Waals surface area contributed by atoms with Crippen molar-refractivity contribution in [2.24, 2.45) is 5.73 Å². The first-order valence-corrected chi connectivity index (χ1v) is 8.17. The van der Waals surface area contributed by atoms with Crippen LogP contribution in [0.1, 0.15) is 10.4 Å². The van der Waals surface area contributed by atoms with Crippen LogP contribution in [0.3, 0.4) is 0 Å². The lowest BCUT2D eigenvalue weighted by Gasteiger charge is -2.30. The predicted molar refractivity (Wildman–Crippen MR) is 95.5 cm³/mol. The van der Waals surface area contributed by atoms with Crippen molar-refractivity contribution >= 4 is 34.8 Å². The standard InChI is InChI=1S/C17H17Cl2N3O/c18-11-1-4-16(19)14(9-11)13-3-2-12(10-15(13)17(20)23)22-7-5-21-6-8-22/h1-4,9-10,21H,5-8H2,(H2,20,23). The van der Waals surface area contributed by atoms with Crippen molar-refractivity contribution in [2.45, 2.75) is 0 Å². The first kappa shape index (κ1) is 16.1. The Morgan fingerprint density at radius 1 is 1.04 bits per heavy atom. The molecular weight excluding hydrogens is 333 g/mol. The van der Waals surface area contributed by atoms with Gasteiger partial charge >= 0.3 is 0 Å². The number of anilines is 1. The molecule has 0 aliphatic carbocycles. The van der Waals surface area contributed by atoms with Crippen molar-refractivity contribution in [3.63, 3.8) is 0 Å². The van der Waals surface area contributed by atoms with Crippen LogP contribution in [-0.2, 0) is 0 Å². The molecule has 0 bridgehead atoms. The molecule has 4 nitrogen and oxygen atoms in total. The first-order valence-electron chi connectivity index (χ1n) is 7.41. The fourth-order valence-electron chi connectivity index (χ4n) is 2.79. The van der Waals surface area contributed by atoms with Crippen LogP contribution in [0.4, 0.5) is 5.69 Å². The van der Waals surface area contributed by atoms with Gasteiger partial charge in [0.15, 0.2) is 0 Å². The monoisotopic (exact) mass is 349 g/mol. The zero-order valence-electron chi connectivity index (χ0n) is 12.5. The number of carbonyl (C=O) groups excluding carboxylic acids is 1. The topological polar surface area (TPSA) is 58.4 Å². The van der Waals surface area contributed by atoms with E-state index in [0.717, 1.165) is 31.9 Å². The number of piperazine rings is 1. The molecule has 0 atom stereocenters. The molecule has 2 aromatic rings. The number of halogens is 2. The molecule has 120 valence electrons. The summed E-state index contributed by atoms with van der Waals surface area (Å²) in [5, 5.41) is 4.40. The second kappa shape index (κ2) is 6.79. The third-order valence-electron chi connectivity index (χ3n) is 3.97. The molecule has 0 spiro atoms. The van der Waals surface area contributed by atoms with Crippen LogP contribution in [0.25, 0.3) is 11.1 Å². The Morgan fingerprint density at radius 2 is 1.78 bits per heavy atom. The van der Waals surface area contributed by atoms with Gasteiger partial charge in [0.1, 0.15) is 0 Å². The van der Waals surface area contributed by atoms with Crippen LogP contribution < -0.4 is 16.0 Å². The van der Waals surface area contributed by atoms with Gasteiger partial charge in [-0.3, -0.25) is 4.79 Å². The van der Waals surface area contributed by atoms with Gasteiger partial charge in [0, 0.05) is 53.0 Å². The largest absolute Gasteiger partial charge is 0.369 e. The molecule has 1 amide bonds. The van der Waals surface area contributed by atoms with Crippen LogP contribution in [0.2, 0.25) is 10.0 Å². The third kappa shape index (κ3) is 3.44. The molecule has 3 N–H and O–H groups in total. The third-order valence-corrected chi connectivity index (χ3v) is 4.53. The summed E-state index contributed by atoms with van der Waals surface area (Å²) < 4.78 is 0. The van der Waals surface area contributed by atoms with Crippen LogP contribution in [-0.4, -0.2) is 32.1 Å². The van der Waals surface area contributed by atoms with E-state index < -0.39 is 5.91 Å². The Bertz CT molecular complexity index is 743. The Labute approximate surface area is 145 Å². The minimum Gasteiger partial charge on any atom is -0.369 e. The Kier molecular flexibility index (Phi) is 4.76. The number of primary amides is 1. The van der Waals surface area contributed by atoms with Gasteiger partial charge in [-0.2, -0.15) is 0 Å². The second-order valence-corrected chi connectivity index (χ2v) is 6.30. The molecule has 3 rings (SSSR count). The molecule has 1 fully saturated rings. The van der Waals surface area contributed by atoms with E-state index in [-0.39, 0.29) is 0 Å². The molecule has 6 heteroatoms. The molecular formula is C17H17Cl2N3O. The number of benzene rings is 2. The smallest absolute Gasteiger partial charge is 0.249 e. The molecule has 1 heterocycles. The highest BCUT2D eigenvalue weighted by Gasteiger charge is 2.17. The van der Waals surface area contributed by atoms with Gasteiger partial charge in [0.2, 0.25) is 5.91 Å². The number of nitrogens with one attached hydrogen (secondary N) is 1. The lowest BCUT2D eigenvalue weighted by molar-refractivity contribution is 0.100. The normalized spacial score (nSPS) is 14.8. The summed E-state index contributed by atoms with van der Waals surface area (Å²) in [5.74, 6) is -0.479. The Hall–Kier alpha value is -1.75. The quantitative estimate of drug-likeness (QED) is 0.894. The maximum absolute atomic E-state index is 11.9. The molecule has 0 unspecified atom stereocenters. The maximum Gasteiger partial charge on any atom is 0.249 e. The molecule has 0 saturated carbocycles. The summed E-state index contributed by atoms with van der Waals surface area (Å²) in [4.78, 5) is 14.2. The average Bonchev–Trinajstić information content (AvgIpc) is 2.57. The van der Waals surface area contributed by atoms with Crippen molar-refractivity contribution in [1.82, 2.24) is 5.32 Å². The summed E-state index contributed by atoms with van der Waals surface area (Å²) in [6.45, 7) is 3.65. The lowest BCUT2D eigenvalue weighted by atomic mass is 9.98. The molecule has 0 aromatic heterocycles. The summed E-state index contributed by atoms with van der Waals surface area (Å²) in [7, 11) is 0. The van der Waals surface area contributed by atoms with Gasteiger partial charge in [-0.15, -0.1) is 0 Å². The van der Waals surface area contributed by atoms with E-state index in [1.165, 1.54) is 0 Å². The van der Waals surface area contributed by atoms with Crippen molar-refractivity contribution in [1.29, 1.82) is 0 Å². The zero-order valence-corrected chi connectivity index (χ0v) is 14.0. The Balaban J connectivity index is 2.07. The van der Waals surface area contributed by atoms with Crippen LogP contribution in [0.15, 0.2) is 36.4 Å². The predicted octanol–water partition coefficient (Wildman–Crippen LogP) is 3.17. The highest BCUT2D eigenvalue weighted by Crippen LogP contribution is 2.34. The van der Waals surface area contributed by atoms with E-state index >= 15 is 0 Å². The van der Waals surface area contributed by atoms with Crippen molar-refractivity contribution in [3.8, 4) is 11.1 Å². The number of hydrogen-bond acceptors (Lipinski definition) is 3. The number of amides is 1. The summed E-state index contributed by atoms with van der Waals surface area (Å²) in [6, 6.07) is 10.9. The molecule has 0 radical (unpaired) electrons. The number of carbonyl (C=O) groups is 1. The summed E-state index contributed by atoms with van der Waals surface area (Å²) in [6.07, 6.45) is 0. The SMILES string of the molecule is NC(=O)c1cc(N2CCNCC2)ccc1-c1cc(Cl)ccc1Cl. The maximum atomic E-state index is 11.9. The summed E-state index contributed by atoms with van der Waals surface area (Å²) in [5.41, 5.74) is 8.44. The molecule has 1 aliphatic rings. The van der Waals surface area contributed by atoms with E-state index in [4.69, 9.17) is 28.9 Å². The number of nitrogens with two attached hydrogens (primary N) is 1. The van der Waals surface area contributed by atoms with Gasteiger partial charge in [-0.25, -0.2) is 0 Å². The van der Waals surface area contributed by atoms with Crippen LogP contribution in [0, 0.1) is 0 Å². The van der Waals surface area contributed by atoms with Gasteiger partial charge in [0.05, 0.1) is 0 Å². The first-order chi connectivity index (χ1) is 11.1. The highest BCUT2D eigenvalue weighted by atomic mass is 35.5. The number of rotatable bonds is 3. The van der Waals surface area contributed by atoms with Gasteiger partial charge < -0.3 is 16.0 Å². The molecule has 2 aromatic carbocycles. The van der Waals surface area contributed by atoms with Crippen LogP contribution in [0.5, 0.6) is 0 Å². The van der Waals surface area contributed by atoms with Gasteiger partial charge in [0.25, 0.3) is 0 Å². The molecule has 23 heavy (non-hydrogen) atoms. The Morgan fingerprint density at radius 3 is 2.48 bits per heavy atom. The number of nitrogens with zero attached hydrogens (tertiary/aromatic N) is 1. The fourth-order valence-corrected chi connectivity index (χ4v) is 3.19. The van der Waals surface area contributed by atoms with E-state index in [1.54, 1.807) is 18.2 Å². The van der Waals surface area contributed by atoms with Crippen molar-refractivity contribution in [2.75, 3.05) is 31.1 Å². The van der Waals surface area contributed by atoms with Gasteiger partial charge in [-0.05, 0) is 35.9 Å². The zero-order chi connectivity index (χ0) is 16.4. The highest BCUT2D eigenvalue weighted by molar-refractivity contribution is 6.35. The van der Waals surface area contributed by atoms with Gasteiger partial charge in [-0.1, -0.05) is 29.3 Å². The second-order valence-electron chi connectivity index (χ2n) is 5.46. The number of hydrogen-bond donors (Lipinski definition) is 2. The fraction of sp³-hybridized carbons (Fsp3) is 0.235. The van der Waals surface area contributed by atoms with E-state index in [2.05, 4.69) is 10.2 Å². The van der Waals surface area contributed by atoms with Crippen molar-refractivity contribution < 1.29 is 4.79 Å².